The van der Waals surface area contributed by atoms with Crippen molar-refractivity contribution in [3.8, 4) is 0 Å². The summed E-state index contributed by atoms with van der Waals surface area (Å²) in [4.78, 5) is 20.5. The molecule has 0 aliphatic carbocycles. The van der Waals surface area contributed by atoms with Crippen LogP contribution in [0.2, 0.25) is 0 Å². The second-order valence-electron chi connectivity index (χ2n) is 5.16. The fraction of sp³-hybridized carbons (Fsp3) is 0.467. The lowest BCUT2D eigenvalue weighted by Gasteiger charge is -2.30. The van der Waals surface area contributed by atoms with Gasteiger partial charge in [-0.15, -0.1) is 0 Å². The van der Waals surface area contributed by atoms with Gasteiger partial charge in [-0.3, -0.25) is 4.90 Å². The maximum Gasteiger partial charge on any atom is 0.414 e. The fourth-order valence-electron chi connectivity index (χ4n) is 2.09. The minimum atomic E-state index is -1.82. The Morgan fingerprint density at radius 2 is 1.71 bits per heavy atom. The maximum atomic E-state index is 13.4. The Bertz CT molecular complexity index is 472. The van der Waals surface area contributed by atoms with E-state index in [0.717, 1.165) is 31.1 Å². The van der Waals surface area contributed by atoms with Crippen LogP contribution in [0.3, 0.4) is 0 Å². The van der Waals surface area contributed by atoms with Crippen molar-refractivity contribution in [1.29, 1.82) is 0 Å². The highest BCUT2D eigenvalue weighted by Crippen LogP contribution is 2.18. The van der Waals surface area contributed by atoms with Crippen molar-refractivity contribution >= 4 is 11.9 Å². The fourth-order valence-corrected chi connectivity index (χ4v) is 2.09. The summed E-state index contributed by atoms with van der Waals surface area (Å²) >= 11 is 0. The van der Waals surface area contributed by atoms with Gasteiger partial charge in [0.2, 0.25) is 0 Å². The Morgan fingerprint density at radius 1 is 1.19 bits per heavy atom. The molecule has 1 aliphatic heterocycles. The molecule has 0 spiro atoms. The second-order valence-corrected chi connectivity index (χ2v) is 5.16. The van der Waals surface area contributed by atoms with Crippen molar-refractivity contribution < 1.29 is 24.2 Å². The lowest BCUT2D eigenvalue weighted by Crippen LogP contribution is -2.32. The van der Waals surface area contributed by atoms with Crippen molar-refractivity contribution in [2.75, 3.05) is 13.1 Å². The number of rotatable bonds is 2. The van der Waals surface area contributed by atoms with Crippen LogP contribution in [-0.2, 0) is 16.1 Å². The zero-order valence-electron chi connectivity index (χ0n) is 12.0. The number of hydrogen-bond donors (Lipinski definition) is 2. The summed E-state index contributed by atoms with van der Waals surface area (Å²) in [6.45, 7) is 5.27. The summed E-state index contributed by atoms with van der Waals surface area (Å²) in [5.41, 5.74) is 0.826. The maximum absolute atomic E-state index is 13.4. The Morgan fingerprint density at radius 3 is 2.19 bits per heavy atom. The molecular weight excluding hydrogens is 277 g/mol. The van der Waals surface area contributed by atoms with Gasteiger partial charge in [-0.2, -0.15) is 0 Å². The molecule has 5 nitrogen and oxygen atoms in total. The third kappa shape index (κ3) is 6.35. The summed E-state index contributed by atoms with van der Waals surface area (Å²) in [7, 11) is 0. The minimum Gasteiger partial charge on any atom is -0.473 e. The first-order chi connectivity index (χ1) is 9.90. The van der Waals surface area contributed by atoms with Crippen molar-refractivity contribution in [1.82, 2.24) is 4.90 Å². The van der Waals surface area contributed by atoms with Crippen LogP contribution in [0.15, 0.2) is 24.3 Å². The van der Waals surface area contributed by atoms with Crippen molar-refractivity contribution in [2.24, 2.45) is 5.92 Å². The molecule has 1 fully saturated rings. The molecule has 1 aliphatic rings. The Hall–Kier alpha value is -1.95. The largest absolute Gasteiger partial charge is 0.473 e. The predicted octanol–water partition coefficient (Wildman–Crippen LogP) is 2.21. The molecule has 0 bridgehead atoms. The minimum absolute atomic E-state index is 0.0730. The van der Waals surface area contributed by atoms with Crippen LogP contribution >= 0.6 is 0 Å². The number of halogens is 1. The van der Waals surface area contributed by atoms with Gasteiger partial charge in [0.15, 0.2) is 0 Å². The molecular formula is C15H20FNO4. The summed E-state index contributed by atoms with van der Waals surface area (Å²) < 4.78 is 13.4. The average molecular weight is 297 g/mol. The molecule has 0 amide bonds. The van der Waals surface area contributed by atoms with Crippen LogP contribution in [0.5, 0.6) is 0 Å². The zero-order valence-corrected chi connectivity index (χ0v) is 12.0. The van der Waals surface area contributed by atoms with Gasteiger partial charge in [-0.05, 0) is 37.9 Å². The molecule has 21 heavy (non-hydrogen) atoms. The van der Waals surface area contributed by atoms with E-state index in [4.69, 9.17) is 19.8 Å². The van der Waals surface area contributed by atoms with Gasteiger partial charge in [-0.1, -0.05) is 25.1 Å². The van der Waals surface area contributed by atoms with E-state index in [1.165, 1.54) is 12.8 Å². The molecule has 1 heterocycles. The number of carboxylic acid groups (broad SMARTS) is 2. The summed E-state index contributed by atoms with van der Waals surface area (Å²) in [5.74, 6) is -2.89. The van der Waals surface area contributed by atoms with Crippen molar-refractivity contribution in [3.63, 3.8) is 0 Å². The van der Waals surface area contributed by atoms with Crippen LogP contribution in [0.25, 0.3) is 0 Å². The van der Waals surface area contributed by atoms with Gasteiger partial charge in [0.05, 0.1) is 0 Å². The van der Waals surface area contributed by atoms with E-state index in [9.17, 15) is 4.39 Å². The van der Waals surface area contributed by atoms with E-state index in [-0.39, 0.29) is 5.82 Å². The third-order valence-electron chi connectivity index (χ3n) is 3.41. The molecule has 6 heteroatoms. The molecule has 0 aromatic heterocycles. The van der Waals surface area contributed by atoms with E-state index >= 15 is 0 Å². The third-order valence-corrected chi connectivity index (χ3v) is 3.41. The number of piperidine rings is 1. The van der Waals surface area contributed by atoms with E-state index < -0.39 is 11.9 Å². The molecule has 2 rings (SSSR count). The first-order valence-corrected chi connectivity index (χ1v) is 6.82. The van der Waals surface area contributed by atoms with Gasteiger partial charge < -0.3 is 10.2 Å². The molecule has 2 N–H and O–H groups in total. The van der Waals surface area contributed by atoms with Gasteiger partial charge in [0, 0.05) is 12.1 Å². The first kappa shape index (κ1) is 17.1. The van der Waals surface area contributed by atoms with E-state index in [1.54, 1.807) is 12.1 Å². The standard InChI is InChI=1S/C13H18FN.C2H2O4/c1-11-6-8-15(9-7-11)10-12-4-2-3-5-13(12)14;3-1(4)2(5)6/h2-5,11H,6-10H2,1H3;(H,3,4)(H,5,6). The van der Waals surface area contributed by atoms with E-state index in [1.807, 2.05) is 12.1 Å². The molecule has 1 aromatic carbocycles. The van der Waals surface area contributed by atoms with E-state index in [2.05, 4.69) is 11.8 Å². The van der Waals surface area contributed by atoms with Crippen LogP contribution in [0.4, 0.5) is 4.39 Å². The number of nitrogens with zero attached hydrogens (tertiary/aromatic N) is 1. The van der Waals surface area contributed by atoms with Gasteiger partial charge in [0.25, 0.3) is 0 Å². The van der Waals surface area contributed by atoms with Crippen LogP contribution < -0.4 is 0 Å². The highest BCUT2D eigenvalue weighted by Gasteiger charge is 2.16. The number of benzene rings is 1. The highest BCUT2D eigenvalue weighted by atomic mass is 19.1. The normalized spacial score (nSPS) is 15.9. The monoisotopic (exact) mass is 297 g/mol. The molecule has 0 unspecified atom stereocenters. The van der Waals surface area contributed by atoms with Gasteiger partial charge in [0.1, 0.15) is 5.82 Å². The predicted molar refractivity (Wildman–Crippen MR) is 75.3 cm³/mol. The molecule has 0 atom stereocenters. The summed E-state index contributed by atoms with van der Waals surface area (Å²) in [5, 5.41) is 14.8. The first-order valence-electron chi connectivity index (χ1n) is 6.82. The molecule has 116 valence electrons. The van der Waals surface area contributed by atoms with Crippen molar-refractivity contribution in [2.45, 2.75) is 26.3 Å². The summed E-state index contributed by atoms with van der Waals surface area (Å²) in [6.07, 6.45) is 2.49. The molecule has 1 saturated heterocycles. The van der Waals surface area contributed by atoms with Gasteiger partial charge in [-0.25, -0.2) is 14.0 Å². The number of carboxylic acids is 2. The highest BCUT2D eigenvalue weighted by molar-refractivity contribution is 6.27. The molecule has 0 saturated carbocycles. The smallest absolute Gasteiger partial charge is 0.414 e. The lowest BCUT2D eigenvalue weighted by molar-refractivity contribution is -0.159. The Labute approximate surface area is 123 Å². The number of aliphatic carboxylic acids is 2. The van der Waals surface area contributed by atoms with E-state index in [0.29, 0.717) is 0 Å². The Kier molecular flexibility index (Phi) is 6.81. The Balaban J connectivity index is 0.000000315. The van der Waals surface area contributed by atoms with Gasteiger partial charge >= 0.3 is 11.9 Å². The SMILES string of the molecule is CC1CCN(Cc2ccccc2F)CC1.O=C(O)C(=O)O. The second kappa shape index (κ2) is 8.36. The number of likely N-dealkylation sites (tertiary alicyclic amines) is 1. The number of hydrogen-bond acceptors (Lipinski definition) is 3. The summed E-state index contributed by atoms with van der Waals surface area (Å²) in [6, 6.07) is 7.08. The topological polar surface area (TPSA) is 77.8 Å². The lowest BCUT2D eigenvalue weighted by atomic mass is 9.99. The van der Waals surface area contributed by atoms with Crippen molar-refractivity contribution in [3.05, 3.63) is 35.6 Å². The zero-order chi connectivity index (χ0) is 15.8. The molecule has 0 radical (unpaired) electrons. The van der Waals surface area contributed by atoms with Crippen LogP contribution in [0, 0.1) is 11.7 Å². The number of carbonyl (C=O) groups is 2. The quantitative estimate of drug-likeness (QED) is 0.818. The van der Waals surface area contributed by atoms with Crippen LogP contribution in [0.1, 0.15) is 25.3 Å². The van der Waals surface area contributed by atoms with Crippen LogP contribution in [-0.4, -0.2) is 40.1 Å². The average Bonchev–Trinajstić information content (AvgIpc) is 2.44. The molecule has 1 aromatic rings.